The summed E-state index contributed by atoms with van der Waals surface area (Å²) in [6, 6.07) is 0.127. The van der Waals surface area contributed by atoms with Crippen molar-refractivity contribution in [3.63, 3.8) is 0 Å². The molecule has 70 valence electrons. The second kappa shape index (κ2) is 3.90. The molecule has 0 aliphatic heterocycles. The molecule has 0 aromatic carbocycles. The molecule has 0 bridgehead atoms. The normalized spacial score (nSPS) is 21.8. The van der Waals surface area contributed by atoms with Crippen molar-refractivity contribution in [3.8, 4) is 0 Å². The van der Waals surface area contributed by atoms with Crippen molar-refractivity contribution < 1.29 is 9.90 Å². The van der Waals surface area contributed by atoms with Crippen LogP contribution in [0.15, 0.2) is 0 Å². The Morgan fingerprint density at radius 3 is 2.58 bits per heavy atom. The maximum atomic E-state index is 10.8. The molecule has 0 aromatic rings. The molecular weight excluding hydrogens is 154 g/mol. The van der Waals surface area contributed by atoms with Gasteiger partial charge in [0.05, 0.1) is 0 Å². The predicted octanol–water partition coefficient (Wildman–Crippen LogP) is 1.24. The topological polar surface area (TPSA) is 49.3 Å². The number of aliphatic carboxylic acids is 1. The standard InChI is InChI=1S/C9H17NO2/c1-3-6(2)8(9(11)12)10-7-4-5-7/h6-8,10H,3-5H2,1-2H3,(H,11,12). The molecule has 1 fully saturated rings. The number of carboxylic acid groups (broad SMARTS) is 1. The molecule has 1 rings (SSSR count). The first-order valence-corrected chi connectivity index (χ1v) is 4.64. The van der Waals surface area contributed by atoms with Gasteiger partial charge in [-0.25, -0.2) is 0 Å². The van der Waals surface area contributed by atoms with E-state index in [9.17, 15) is 4.79 Å². The zero-order chi connectivity index (χ0) is 9.14. The van der Waals surface area contributed by atoms with Crippen molar-refractivity contribution in [2.24, 2.45) is 5.92 Å². The third-order valence-electron chi connectivity index (χ3n) is 2.47. The number of carbonyl (C=O) groups is 1. The van der Waals surface area contributed by atoms with E-state index in [0.717, 1.165) is 19.3 Å². The molecule has 1 saturated carbocycles. The number of rotatable bonds is 5. The van der Waals surface area contributed by atoms with Gasteiger partial charge in [-0.05, 0) is 18.8 Å². The van der Waals surface area contributed by atoms with E-state index in [1.165, 1.54) is 0 Å². The number of carboxylic acids is 1. The summed E-state index contributed by atoms with van der Waals surface area (Å²) in [4.78, 5) is 10.8. The summed E-state index contributed by atoms with van der Waals surface area (Å²) in [6.45, 7) is 4.00. The van der Waals surface area contributed by atoms with Gasteiger partial charge in [-0.1, -0.05) is 20.3 Å². The number of hydrogen-bond acceptors (Lipinski definition) is 2. The van der Waals surface area contributed by atoms with Gasteiger partial charge >= 0.3 is 5.97 Å². The molecule has 0 spiro atoms. The van der Waals surface area contributed by atoms with E-state index in [0.29, 0.717) is 6.04 Å². The Balaban J connectivity index is 2.40. The van der Waals surface area contributed by atoms with Gasteiger partial charge < -0.3 is 10.4 Å². The molecular formula is C9H17NO2. The van der Waals surface area contributed by atoms with Crippen molar-refractivity contribution in [3.05, 3.63) is 0 Å². The fourth-order valence-electron chi connectivity index (χ4n) is 1.22. The van der Waals surface area contributed by atoms with Crippen LogP contribution in [0.1, 0.15) is 33.1 Å². The Morgan fingerprint density at radius 2 is 2.25 bits per heavy atom. The largest absolute Gasteiger partial charge is 0.480 e. The lowest BCUT2D eigenvalue weighted by molar-refractivity contribution is -0.140. The first-order valence-electron chi connectivity index (χ1n) is 4.64. The molecule has 3 heteroatoms. The maximum absolute atomic E-state index is 10.8. The minimum Gasteiger partial charge on any atom is -0.480 e. The summed E-state index contributed by atoms with van der Waals surface area (Å²) in [7, 11) is 0. The molecule has 0 heterocycles. The first kappa shape index (κ1) is 9.52. The lowest BCUT2D eigenvalue weighted by atomic mass is 9.99. The van der Waals surface area contributed by atoms with Crippen LogP contribution in [0, 0.1) is 5.92 Å². The molecule has 0 aromatic heterocycles. The van der Waals surface area contributed by atoms with Gasteiger partial charge in [0.2, 0.25) is 0 Å². The Hall–Kier alpha value is -0.570. The van der Waals surface area contributed by atoms with Crippen molar-refractivity contribution >= 4 is 5.97 Å². The van der Waals surface area contributed by atoms with Crippen molar-refractivity contribution in [1.29, 1.82) is 0 Å². The second-order valence-corrected chi connectivity index (χ2v) is 3.64. The van der Waals surface area contributed by atoms with E-state index in [1.54, 1.807) is 0 Å². The average Bonchev–Trinajstić information content (AvgIpc) is 2.81. The minimum absolute atomic E-state index is 0.225. The van der Waals surface area contributed by atoms with Crippen molar-refractivity contribution in [2.45, 2.75) is 45.2 Å². The highest BCUT2D eigenvalue weighted by Gasteiger charge is 2.30. The van der Waals surface area contributed by atoms with Crippen LogP contribution in [0.25, 0.3) is 0 Å². The van der Waals surface area contributed by atoms with Crippen molar-refractivity contribution in [1.82, 2.24) is 5.32 Å². The van der Waals surface area contributed by atoms with Crippen LogP contribution in [0.4, 0.5) is 0 Å². The van der Waals surface area contributed by atoms with Crippen LogP contribution in [-0.4, -0.2) is 23.2 Å². The van der Waals surface area contributed by atoms with E-state index in [2.05, 4.69) is 5.32 Å². The van der Waals surface area contributed by atoms with Gasteiger partial charge in [0.25, 0.3) is 0 Å². The molecule has 12 heavy (non-hydrogen) atoms. The highest BCUT2D eigenvalue weighted by molar-refractivity contribution is 5.73. The lowest BCUT2D eigenvalue weighted by Crippen LogP contribution is -2.42. The van der Waals surface area contributed by atoms with Crippen LogP contribution in [-0.2, 0) is 4.79 Å². The van der Waals surface area contributed by atoms with Gasteiger partial charge in [-0.2, -0.15) is 0 Å². The SMILES string of the molecule is CCC(C)C(NC1CC1)C(=O)O. The molecule has 3 nitrogen and oxygen atoms in total. The minimum atomic E-state index is -0.712. The Bertz CT molecular complexity index is 166. The van der Waals surface area contributed by atoms with Gasteiger partial charge in [-0.15, -0.1) is 0 Å². The smallest absolute Gasteiger partial charge is 0.320 e. The molecule has 0 amide bonds. The predicted molar refractivity (Wildman–Crippen MR) is 47.0 cm³/mol. The monoisotopic (exact) mass is 171 g/mol. The summed E-state index contributed by atoms with van der Waals surface area (Å²) in [5.74, 6) is -0.487. The number of nitrogens with one attached hydrogen (secondary N) is 1. The Labute approximate surface area is 73.2 Å². The highest BCUT2D eigenvalue weighted by atomic mass is 16.4. The molecule has 2 N–H and O–H groups in total. The summed E-state index contributed by atoms with van der Waals surface area (Å²) in [5.41, 5.74) is 0. The fourth-order valence-corrected chi connectivity index (χ4v) is 1.22. The van der Waals surface area contributed by atoms with Crippen LogP contribution >= 0.6 is 0 Å². The van der Waals surface area contributed by atoms with Crippen LogP contribution < -0.4 is 5.32 Å². The van der Waals surface area contributed by atoms with Gasteiger partial charge in [-0.3, -0.25) is 4.79 Å². The van der Waals surface area contributed by atoms with Crippen LogP contribution in [0.5, 0.6) is 0 Å². The quantitative estimate of drug-likeness (QED) is 0.654. The first-order chi connectivity index (χ1) is 5.65. The second-order valence-electron chi connectivity index (χ2n) is 3.64. The van der Waals surface area contributed by atoms with Crippen molar-refractivity contribution in [2.75, 3.05) is 0 Å². The zero-order valence-electron chi connectivity index (χ0n) is 7.71. The molecule has 1 aliphatic carbocycles. The molecule has 0 radical (unpaired) electrons. The van der Waals surface area contributed by atoms with Crippen LogP contribution in [0.3, 0.4) is 0 Å². The third-order valence-corrected chi connectivity index (χ3v) is 2.47. The van der Waals surface area contributed by atoms with E-state index >= 15 is 0 Å². The molecule has 2 atom stereocenters. The lowest BCUT2D eigenvalue weighted by Gasteiger charge is -2.19. The Morgan fingerprint density at radius 1 is 1.67 bits per heavy atom. The average molecular weight is 171 g/mol. The summed E-state index contributed by atoms with van der Waals surface area (Å²) >= 11 is 0. The Kier molecular flexibility index (Phi) is 3.09. The molecule has 0 saturated heterocycles. The highest BCUT2D eigenvalue weighted by Crippen LogP contribution is 2.21. The molecule has 2 unspecified atom stereocenters. The van der Waals surface area contributed by atoms with Gasteiger partial charge in [0, 0.05) is 6.04 Å². The summed E-state index contributed by atoms with van der Waals surface area (Å²) in [5, 5.41) is 12.0. The zero-order valence-corrected chi connectivity index (χ0v) is 7.71. The fraction of sp³-hybridized carbons (Fsp3) is 0.889. The molecule has 1 aliphatic rings. The van der Waals surface area contributed by atoms with E-state index in [1.807, 2.05) is 13.8 Å². The number of hydrogen-bond donors (Lipinski definition) is 2. The van der Waals surface area contributed by atoms with Gasteiger partial charge in [0.15, 0.2) is 0 Å². The van der Waals surface area contributed by atoms with Gasteiger partial charge in [0.1, 0.15) is 6.04 Å². The van der Waals surface area contributed by atoms with E-state index in [4.69, 9.17) is 5.11 Å². The van der Waals surface area contributed by atoms with Crippen LogP contribution in [0.2, 0.25) is 0 Å². The summed E-state index contributed by atoms with van der Waals surface area (Å²) in [6.07, 6.45) is 3.19. The van der Waals surface area contributed by atoms with E-state index in [-0.39, 0.29) is 12.0 Å². The summed E-state index contributed by atoms with van der Waals surface area (Å²) < 4.78 is 0. The third kappa shape index (κ3) is 2.48. The van der Waals surface area contributed by atoms with E-state index < -0.39 is 5.97 Å². The maximum Gasteiger partial charge on any atom is 0.320 e.